The van der Waals surface area contributed by atoms with Crippen LogP contribution in [0.5, 0.6) is 0 Å². The molecule has 0 aliphatic heterocycles. The maximum Gasteiger partial charge on any atom is -0.0290 e. The summed E-state index contributed by atoms with van der Waals surface area (Å²) in [6.07, 6.45) is 8.13. The van der Waals surface area contributed by atoms with E-state index in [1.165, 1.54) is 12.8 Å². The van der Waals surface area contributed by atoms with Crippen LogP contribution in [0, 0.1) is 18.8 Å². The molecular weight excluding hydrogens is 132 g/mol. The summed E-state index contributed by atoms with van der Waals surface area (Å²) in [6.45, 7) is 10.6. The first-order valence-corrected chi connectivity index (χ1v) is 4.62. The van der Waals surface area contributed by atoms with Crippen molar-refractivity contribution in [2.24, 2.45) is 11.8 Å². The fourth-order valence-corrected chi connectivity index (χ4v) is 0.893. The van der Waals surface area contributed by atoms with Crippen molar-refractivity contribution in [2.75, 3.05) is 0 Å². The lowest BCUT2D eigenvalue weighted by Crippen LogP contribution is -1.90. The first-order chi connectivity index (χ1) is 5.16. The van der Waals surface area contributed by atoms with E-state index in [2.05, 4.69) is 39.8 Å². The molecule has 0 aromatic heterocycles. The molecule has 0 rings (SSSR count). The molecule has 0 heteroatoms. The monoisotopic (exact) mass is 153 g/mol. The van der Waals surface area contributed by atoms with Gasteiger partial charge >= 0.3 is 0 Å². The fraction of sp³-hybridized carbons (Fsp3) is 0.727. The van der Waals surface area contributed by atoms with Gasteiger partial charge in [-0.1, -0.05) is 46.3 Å². The first kappa shape index (κ1) is 10.7. The molecule has 0 aromatic rings. The summed E-state index contributed by atoms with van der Waals surface area (Å²) in [5.41, 5.74) is 0. The van der Waals surface area contributed by atoms with Gasteiger partial charge < -0.3 is 0 Å². The summed E-state index contributed by atoms with van der Waals surface area (Å²) >= 11 is 0. The minimum absolute atomic E-state index is 0.699. The maximum atomic E-state index is 3.88. The molecule has 0 fully saturated rings. The van der Waals surface area contributed by atoms with Gasteiger partial charge in [0.1, 0.15) is 0 Å². The molecule has 0 amide bonds. The lowest BCUT2D eigenvalue weighted by atomic mass is 10.0. The van der Waals surface area contributed by atoms with Gasteiger partial charge in [0.25, 0.3) is 0 Å². The van der Waals surface area contributed by atoms with Crippen molar-refractivity contribution >= 4 is 0 Å². The third-order valence-electron chi connectivity index (χ3n) is 1.84. The van der Waals surface area contributed by atoms with Gasteiger partial charge in [-0.05, 0) is 24.7 Å². The first-order valence-electron chi connectivity index (χ1n) is 4.62. The molecule has 0 N–H and O–H groups in total. The minimum atomic E-state index is 0.699. The van der Waals surface area contributed by atoms with Gasteiger partial charge in [0.2, 0.25) is 0 Å². The van der Waals surface area contributed by atoms with Crippen LogP contribution in [0.25, 0.3) is 0 Å². The molecule has 0 saturated heterocycles. The summed E-state index contributed by atoms with van der Waals surface area (Å²) in [5.74, 6) is 1.48. The Morgan fingerprint density at radius 3 is 2.36 bits per heavy atom. The second kappa shape index (κ2) is 6.45. The third-order valence-corrected chi connectivity index (χ3v) is 1.84. The largest absolute Gasteiger partial charge is 0.0883 e. The van der Waals surface area contributed by atoms with E-state index in [0.29, 0.717) is 5.92 Å². The van der Waals surface area contributed by atoms with Crippen molar-refractivity contribution in [1.82, 2.24) is 0 Å². The number of rotatable bonds is 5. The molecule has 11 heavy (non-hydrogen) atoms. The average Bonchev–Trinajstić information content (AvgIpc) is 1.97. The summed E-state index contributed by atoms with van der Waals surface area (Å²) in [4.78, 5) is 0. The Morgan fingerprint density at radius 1 is 1.27 bits per heavy atom. The molecular formula is C11H21. The standard InChI is InChI=1S/C11H21/c1-5-11(4)9-7-6-8-10(2)3/h6,8,10-11H,1,5,7,9H2,2-4H3. The Hall–Kier alpha value is -0.260. The van der Waals surface area contributed by atoms with Crippen molar-refractivity contribution in [1.29, 1.82) is 0 Å². The molecule has 0 aromatic carbocycles. The van der Waals surface area contributed by atoms with Gasteiger partial charge in [-0.15, -0.1) is 0 Å². The zero-order valence-electron chi connectivity index (χ0n) is 8.14. The minimum Gasteiger partial charge on any atom is -0.0883 e. The predicted molar refractivity (Wildman–Crippen MR) is 52.4 cm³/mol. The van der Waals surface area contributed by atoms with E-state index in [1.807, 2.05) is 0 Å². The predicted octanol–water partition coefficient (Wildman–Crippen LogP) is 3.84. The number of hydrogen-bond acceptors (Lipinski definition) is 0. The highest BCUT2D eigenvalue weighted by molar-refractivity contribution is 4.84. The molecule has 0 saturated carbocycles. The highest BCUT2D eigenvalue weighted by Gasteiger charge is 1.95. The zero-order chi connectivity index (χ0) is 8.69. The van der Waals surface area contributed by atoms with Gasteiger partial charge in [-0.3, -0.25) is 0 Å². The number of hydrogen-bond donors (Lipinski definition) is 0. The summed E-state index contributed by atoms with van der Waals surface area (Å²) in [6, 6.07) is 0. The number of allylic oxidation sites excluding steroid dienone is 2. The van der Waals surface area contributed by atoms with E-state index in [-0.39, 0.29) is 0 Å². The summed E-state index contributed by atoms with van der Waals surface area (Å²) in [7, 11) is 0. The van der Waals surface area contributed by atoms with Crippen molar-refractivity contribution in [3.63, 3.8) is 0 Å². The molecule has 1 unspecified atom stereocenters. The Bertz CT molecular complexity index is 101. The van der Waals surface area contributed by atoms with E-state index < -0.39 is 0 Å². The highest BCUT2D eigenvalue weighted by Crippen LogP contribution is 2.09. The van der Waals surface area contributed by atoms with Gasteiger partial charge in [-0.25, -0.2) is 0 Å². The highest BCUT2D eigenvalue weighted by atomic mass is 14.0. The van der Waals surface area contributed by atoms with Crippen LogP contribution in [0.3, 0.4) is 0 Å². The van der Waals surface area contributed by atoms with Crippen molar-refractivity contribution in [3.8, 4) is 0 Å². The lowest BCUT2D eigenvalue weighted by Gasteiger charge is -2.04. The maximum absolute atomic E-state index is 3.88. The molecule has 0 aliphatic carbocycles. The summed E-state index contributed by atoms with van der Waals surface area (Å²) < 4.78 is 0. The molecule has 0 heterocycles. The quantitative estimate of drug-likeness (QED) is 0.526. The van der Waals surface area contributed by atoms with E-state index in [0.717, 1.165) is 12.3 Å². The van der Waals surface area contributed by atoms with Crippen LogP contribution in [0.4, 0.5) is 0 Å². The van der Waals surface area contributed by atoms with Crippen LogP contribution in [0.1, 0.15) is 40.0 Å². The van der Waals surface area contributed by atoms with E-state index in [4.69, 9.17) is 0 Å². The summed E-state index contributed by atoms with van der Waals surface area (Å²) in [5, 5.41) is 0. The molecule has 65 valence electrons. The average molecular weight is 153 g/mol. The Labute approximate surface area is 71.7 Å². The second-order valence-electron chi connectivity index (χ2n) is 3.64. The topological polar surface area (TPSA) is 0 Å². The zero-order valence-corrected chi connectivity index (χ0v) is 8.14. The second-order valence-corrected chi connectivity index (χ2v) is 3.64. The van der Waals surface area contributed by atoms with Crippen LogP contribution in [0.2, 0.25) is 0 Å². The van der Waals surface area contributed by atoms with Crippen LogP contribution < -0.4 is 0 Å². The molecule has 0 spiro atoms. The smallest absolute Gasteiger partial charge is 0.0290 e. The fourth-order valence-electron chi connectivity index (χ4n) is 0.893. The van der Waals surface area contributed by atoms with Crippen molar-refractivity contribution < 1.29 is 0 Å². The van der Waals surface area contributed by atoms with E-state index >= 15 is 0 Å². The Morgan fingerprint density at radius 2 is 1.91 bits per heavy atom. The molecule has 0 aliphatic rings. The van der Waals surface area contributed by atoms with Crippen LogP contribution >= 0.6 is 0 Å². The Kier molecular flexibility index (Phi) is 6.30. The van der Waals surface area contributed by atoms with Crippen LogP contribution in [-0.2, 0) is 0 Å². The van der Waals surface area contributed by atoms with Gasteiger partial charge in [0.05, 0.1) is 0 Å². The molecule has 1 radical (unpaired) electrons. The normalized spacial score (nSPS) is 14.6. The van der Waals surface area contributed by atoms with E-state index in [9.17, 15) is 0 Å². The third kappa shape index (κ3) is 7.64. The van der Waals surface area contributed by atoms with Crippen molar-refractivity contribution in [3.05, 3.63) is 19.1 Å². The molecule has 1 atom stereocenters. The van der Waals surface area contributed by atoms with Gasteiger partial charge in [0.15, 0.2) is 0 Å². The van der Waals surface area contributed by atoms with Crippen LogP contribution in [0.15, 0.2) is 12.2 Å². The van der Waals surface area contributed by atoms with E-state index in [1.54, 1.807) is 0 Å². The van der Waals surface area contributed by atoms with Gasteiger partial charge in [0, 0.05) is 0 Å². The SMILES string of the molecule is [CH2]CC(C)CCC=CC(C)C. The van der Waals surface area contributed by atoms with Gasteiger partial charge in [-0.2, -0.15) is 0 Å². The molecule has 0 bridgehead atoms. The Balaban J connectivity index is 3.26. The lowest BCUT2D eigenvalue weighted by molar-refractivity contribution is 0.544. The molecule has 0 nitrogen and oxygen atoms in total. The van der Waals surface area contributed by atoms with Crippen LogP contribution in [-0.4, -0.2) is 0 Å². The van der Waals surface area contributed by atoms with Crippen molar-refractivity contribution in [2.45, 2.75) is 40.0 Å².